The first-order chi connectivity index (χ1) is 8.06. The Morgan fingerprint density at radius 3 is 2.35 bits per heavy atom. The average Bonchev–Trinajstić information content (AvgIpc) is 2.35. The molecular weight excluding hydrogens is 220 g/mol. The summed E-state index contributed by atoms with van der Waals surface area (Å²) in [6.07, 6.45) is 1.07. The number of amides is 1. The second-order valence-electron chi connectivity index (χ2n) is 3.87. The van der Waals surface area contributed by atoms with Gasteiger partial charge in [-0.05, 0) is 33.7 Å². The molecule has 1 N–H and O–H groups in total. The van der Waals surface area contributed by atoms with Crippen LogP contribution >= 0.6 is 0 Å². The van der Waals surface area contributed by atoms with Crippen molar-refractivity contribution in [1.29, 1.82) is 0 Å². The summed E-state index contributed by atoms with van der Waals surface area (Å²) in [7, 11) is 1.38. The van der Waals surface area contributed by atoms with Gasteiger partial charge in [0.1, 0.15) is 0 Å². The molecule has 5 nitrogen and oxygen atoms in total. The molecule has 1 atom stereocenters. The normalized spacial score (nSPS) is 12.0. The van der Waals surface area contributed by atoms with E-state index in [-0.39, 0.29) is 17.9 Å². The first-order valence-electron chi connectivity index (χ1n) is 6.15. The number of ether oxygens (including phenoxy) is 1. The van der Waals surface area contributed by atoms with Gasteiger partial charge in [0, 0.05) is 19.5 Å². The summed E-state index contributed by atoms with van der Waals surface area (Å²) >= 11 is 0. The van der Waals surface area contributed by atoms with Crippen LogP contribution in [0.15, 0.2) is 0 Å². The van der Waals surface area contributed by atoms with Crippen molar-refractivity contribution >= 4 is 11.9 Å². The van der Waals surface area contributed by atoms with Gasteiger partial charge in [-0.25, -0.2) is 0 Å². The highest BCUT2D eigenvalue weighted by molar-refractivity contribution is 5.81. The maximum absolute atomic E-state index is 11.9. The highest BCUT2D eigenvalue weighted by Gasteiger charge is 2.16. The third kappa shape index (κ3) is 6.26. The van der Waals surface area contributed by atoms with E-state index in [1.807, 2.05) is 20.8 Å². The molecule has 17 heavy (non-hydrogen) atoms. The van der Waals surface area contributed by atoms with Gasteiger partial charge in [0.25, 0.3) is 0 Å². The minimum absolute atomic E-state index is 0.105. The summed E-state index contributed by atoms with van der Waals surface area (Å²) in [5, 5.41) is 3.11. The molecule has 100 valence electrons. The van der Waals surface area contributed by atoms with Crippen LogP contribution in [0, 0.1) is 0 Å². The number of likely N-dealkylation sites (N-methyl/N-ethyl adjacent to an activating group) is 1. The molecule has 5 heteroatoms. The molecule has 0 bridgehead atoms. The number of rotatable bonds is 8. The zero-order valence-corrected chi connectivity index (χ0v) is 11.3. The van der Waals surface area contributed by atoms with Gasteiger partial charge >= 0.3 is 5.97 Å². The van der Waals surface area contributed by atoms with Crippen LogP contribution in [0.25, 0.3) is 0 Å². The van der Waals surface area contributed by atoms with Crippen LogP contribution in [0.5, 0.6) is 0 Å². The molecule has 0 rings (SSSR count). The molecule has 0 radical (unpaired) electrons. The van der Waals surface area contributed by atoms with E-state index in [0.717, 1.165) is 13.1 Å². The van der Waals surface area contributed by atoms with E-state index >= 15 is 0 Å². The van der Waals surface area contributed by atoms with Gasteiger partial charge in [-0.2, -0.15) is 0 Å². The zero-order valence-electron chi connectivity index (χ0n) is 11.3. The Morgan fingerprint density at radius 2 is 1.88 bits per heavy atom. The van der Waals surface area contributed by atoms with E-state index in [0.29, 0.717) is 19.4 Å². The van der Waals surface area contributed by atoms with Crippen molar-refractivity contribution in [2.45, 2.75) is 39.7 Å². The van der Waals surface area contributed by atoms with Crippen molar-refractivity contribution in [2.75, 3.05) is 26.7 Å². The fraction of sp³-hybridized carbons (Fsp3) is 0.833. The molecular formula is C12H24N2O3. The Kier molecular flexibility index (Phi) is 8.40. The van der Waals surface area contributed by atoms with Crippen molar-refractivity contribution in [2.24, 2.45) is 0 Å². The van der Waals surface area contributed by atoms with Crippen molar-refractivity contribution in [3.05, 3.63) is 0 Å². The van der Waals surface area contributed by atoms with Gasteiger partial charge in [0.2, 0.25) is 5.91 Å². The molecule has 0 saturated carbocycles. The second-order valence-corrected chi connectivity index (χ2v) is 3.87. The maximum Gasteiger partial charge on any atom is 0.305 e. The lowest BCUT2D eigenvalue weighted by Crippen LogP contribution is -2.45. The molecule has 0 aliphatic carbocycles. The number of carbonyl (C=O) groups excluding carboxylic acids is 2. The van der Waals surface area contributed by atoms with Gasteiger partial charge < -0.3 is 15.0 Å². The van der Waals surface area contributed by atoms with Crippen LogP contribution in [-0.4, -0.2) is 49.6 Å². The SMILES string of the molecule is CCN(CC)C(=O)C(C)NCCCC(=O)OC. The van der Waals surface area contributed by atoms with Gasteiger partial charge in [0.15, 0.2) is 0 Å². The van der Waals surface area contributed by atoms with Crippen LogP contribution in [0.4, 0.5) is 0 Å². The lowest BCUT2D eigenvalue weighted by Gasteiger charge is -2.23. The fourth-order valence-corrected chi connectivity index (χ4v) is 1.55. The lowest BCUT2D eigenvalue weighted by atomic mass is 10.2. The Hall–Kier alpha value is -1.10. The molecule has 0 heterocycles. The highest BCUT2D eigenvalue weighted by atomic mass is 16.5. The largest absolute Gasteiger partial charge is 0.469 e. The molecule has 0 aliphatic heterocycles. The predicted molar refractivity (Wildman–Crippen MR) is 66.6 cm³/mol. The minimum Gasteiger partial charge on any atom is -0.469 e. The van der Waals surface area contributed by atoms with Gasteiger partial charge in [-0.3, -0.25) is 9.59 Å². The fourth-order valence-electron chi connectivity index (χ4n) is 1.55. The van der Waals surface area contributed by atoms with E-state index in [1.165, 1.54) is 7.11 Å². The Bertz CT molecular complexity index is 240. The summed E-state index contributed by atoms with van der Waals surface area (Å²) in [5.74, 6) is -0.109. The second kappa shape index (κ2) is 8.98. The first kappa shape index (κ1) is 15.9. The maximum atomic E-state index is 11.9. The van der Waals surface area contributed by atoms with Crippen LogP contribution in [0.1, 0.15) is 33.6 Å². The molecule has 0 fully saturated rings. The number of carbonyl (C=O) groups is 2. The minimum atomic E-state index is -0.213. The Balaban J connectivity index is 3.81. The monoisotopic (exact) mass is 244 g/mol. The Labute approximate surface area is 103 Å². The van der Waals surface area contributed by atoms with Crippen molar-refractivity contribution in [3.8, 4) is 0 Å². The molecule has 0 spiro atoms. The van der Waals surface area contributed by atoms with E-state index < -0.39 is 0 Å². The third-order valence-electron chi connectivity index (χ3n) is 2.68. The van der Waals surface area contributed by atoms with Crippen molar-refractivity contribution in [3.63, 3.8) is 0 Å². The van der Waals surface area contributed by atoms with Crippen molar-refractivity contribution < 1.29 is 14.3 Å². The number of nitrogens with zero attached hydrogens (tertiary/aromatic N) is 1. The van der Waals surface area contributed by atoms with Gasteiger partial charge in [0.05, 0.1) is 13.2 Å². The van der Waals surface area contributed by atoms with Crippen LogP contribution in [0.3, 0.4) is 0 Å². The van der Waals surface area contributed by atoms with E-state index in [1.54, 1.807) is 4.90 Å². The molecule has 1 amide bonds. The van der Waals surface area contributed by atoms with Gasteiger partial charge in [-0.15, -0.1) is 0 Å². The summed E-state index contributed by atoms with van der Waals surface area (Å²) in [6, 6.07) is -0.201. The summed E-state index contributed by atoms with van der Waals surface area (Å²) < 4.78 is 4.54. The summed E-state index contributed by atoms with van der Waals surface area (Å²) in [5.41, 5.74) is 0. The van der Waals surface area contributed by atoms with Gasteiger partial charge in [-0.1, -0.05) is 0 Å². The standard InChI is InChI=1S/C12H24N2O3/c1-5-14(6-2)12(16)10(3)13-9-7-8-11(15)17-4/h10,13H,5-9H2,1-4H3. The molecule has 0 aromatic heterocycles. The average molecular weight is 244 g/mol. The van der Waals surface area contributed by atoms with E-state index in [4.69, 9.17) is 0 Å². The number of esters is 1. The van der Waals surface area contributed by atoms with Crippen LogP contribution < -0.4 is 5.32 Å². The Morgan fingerprint density at radius 1 is 1.29 bits per heavy atom. The van der Waals surface area contributed by atoms with Crippen LogP contribution in [-0.2, 0) is 14.3 Å². The highest BCUT2D eigenvalue weighted by Crippen LogP contribution is 1.96. The number of nitrogens with one attached hydrogen (secondary N) is 1. The molecule has 0 aromatic carbocycles. The summed E-state index contributed by atoms with van der Waals surface area (Å²) in [4.78, 5) is 24.5. The molecule has 1 unspecified atom stereocenters. The number of hydrogen-bond acceptors (Lipinski definition) is 4. The quantitative estimate of drug-likeness (QED) is 0.506. The number of methoxy groups -OCH3 is 1. The third-order valence-corrected chi connectivity index (χ3v) is 2.68. The smallest absolute Gasteiger partial charge is 0.305 e. The van der Waals surface area contributed by atoms with E-state index in [2.05, 4.69) is 10.1 Å². The molecule has 0 aliphatic rings. The molecule has 0 aromatic rings. The predicted octanol–water partition coefficient (Wildman–Crippen LogP) is 0.786. The lowest BCUT2D eigenvalue weighted by molar-refractivity contribution is -0.140. The van der Waals surface area contributed by atoms with Crippen molar-refractivity contribution in [1.82, 2.24) is 10.2 Å². The topological polar surface area (TPSA) is 58.6 Å². The first-order valence-corrected chi connectivity index (χ1v) is 6.15. The zero-order chi connectivity index (χ0) is 13.3. The molecule has 0 saturated heterocycles. The van der Waals surface area contributed by atoms with E-state index in [9.17, 15) is 9.59 Å². The summed E-state index contributed by atoms with van der Waals surface area (Å²) in [6.45, 7) is 7.87. The number of hydrogen-bond donors (Lipinski definition) is 1. The van der Waals surface area contributed by atoms with Crippen LogP contribution in [0.2, 0.25) is 0 Å².